The van der Waals surface area contributed by atoms with Gasteiger partial charge in [-0.05, 0) is 48.9 Å². The first kappa shape index (κ1) is 17.2. The van der Waals surface area contributed by atoms with Gasteiger partial charge >= 0.3 is 0 Å². The van der Waals surface area contributed by atoms with Gasteiger partial charge < -0.3 is 0 Å². The van der Waals surface area contributed by atoms with Gasteiger partial charge in [0.25, 0.3) is 0 Å². The van der Waals surface area contributed by atoms with Crippen molar-refractivity contribution in [2.24, 2.45) is 5.14 Å². The zero-order valence-corrected chi connectivity index (χ0v) is 15.2. The normalized spacial score (nSPS) is 11.6. The molecule has 0 aliphatic heterocycles. The lowest BCUT2D eigenvalue weighted by Crippen LogP contribution is -2.12. The first-order valence-corrected chi connectivity index (χ1v) is 9.63. The van der Waals surface area contributed by atoms with Crippen LogP contribution in [0, 0.1) is 6.92 Å². The van der Waals surface area contributed by atoms with Crippen LogP contribution in [0.4, 0.5) is 0 Å². The summed E-state index contributed by atoms with van der Waals surface area (Å²) in [5.41, 5.74) is 5.39. The Morgan fingerprint density at radius 2 is 1.74 bits per heavy atom. The molecule has 134 valence electrons. The predicted molar refractivity (Wildman–Crippen MR) is 102 cm³/mol. The number of sulfonamides is 1. The fourth-order valence-electron chi connectivity index (χ4n) is 2.85. The van der Waals surface area contributed by atoms with Gasteiger partial charge in [0.2, 0.25) is 10.0 Å². The number of fused-ring (bicyclic) bond motifs is 1. The Morgan fingerprint density at radius 3 is 2.52 bits per heavy atom. The van der Waals surface area contributed by atoms with E-state index in [2.05, 4.69) is 15.0 Å². The Morgan fingerprint density at radius 1 is 0.926 bits per heavy atom. The quantitative estimate of drug-likeness (QED) is 0.587. The van der Waals surface area contributed by atoms with Crippen LogP contribution < -0.4 is 5.14 Å². The van der Waals surface area contributed by atoms with Gasteiger partial charge in [-0.25, -0.2) is 18.5 Å². The molecule has 0 saturated heterocycles. The minimum Gasteiger partial charge on any atom is -0.263 e. The van der Waals surface area contributed by atoms with Crippen LogP contribution in [0.3, 0.4) is 0 Å². The van der Waals surface area contributed by atoms with Crippen LogP contribution in [-0.4, -0.2) is 28.4 Å². The summed E-state index contributed by atoms with van der Waals surface area (Å²) in [5.74, 6) is 0. The smallest absolute Gasteiger partial charge is 0.239 e. The zero-order valence-electron chi connectivity index (χ0n) is 14.4. The molecule has 0 atom stereocenters. The largest absolute Gasteiger partial charge is 0.263 e. The summed E-state index contributed by atoms with van der Waals surface area (Å²) in [7, 11) is -3.84. The maximum atomic E-state index is 11.6. The molecular weight excluding hydrogens is 362 g/mol. The molecule has 4 heterocycles. The second kappa shape index (κ2) is 6.49. The minimum absolute atomic E-state index is 0.0573. The molecule has 4 rings (SSSR count). The molecule has 0 aliphatic carbocycles. The summed E-state index contributed by atoms with van der Waals surface area (Å²) in [6.45, 7) is 1.93. The van der Waals surface area contributed by atoms with Gasteiger partial charge in [-0.3, -0.25) is 15.0 Å². The number of nitrogens with zero attached hydrogens (tertiary/aromatic N) is 4. The Kier molecular flexibility index (Phi) is 4.14. The lowest BCUT2D eigenvalue weighted by atomic mass is 10.0. The molecule has 0 aromatic carbocycles. The highest BCUT2D eigenvalue weighted by Gasteiger charge is 2.12. The standard InChI is InChI=1S/C19H15N5O2S/c1-12-8-13(4-6-22-12)16-5-7-23-18-3-2-17(24-19(16)18)14-9-15(11-21-10-14)27(20,25)26/h2-11H,1H3,(H2,20,25,26). The molecule has 0 fully saturated rings. The number of pyridine rings is 4. The molecule has 27 heavy (non-hydrogen) atoms. The molecule has 0 spiro atoms. The molecule has 0 saturated carbocycles. The summed E-state index contributed by atoms with van der Waals surface area (Å²) >= 11 is 0. The third kappa shape index (κ3) is 3.40. The van der Waals surface area contributed by atoms with Crippen LogP contribution in [0.1, 0.15) is 5.69 Å². The van der Waals surface area contributed by atoms with Gasteiger partial charge in [0.05, 0.1) is 16.7 Å². The van der Waals surface area contributed by atoms with E-state index in [1.54, 1.807) is 24.7 Å². The van der Waals surface area contributed by atoms with Crippen molar-refractivity contribution in [3.63, 3.8) is 0 Å². The van der Waals surface area contributed by atoms with Crippen LogP contribution in [0.5, 0.6) is 0 Å². The highest BCUT2D eigenvalue weighted by molar-refractivity contribution is 7.89. The van der Waals surface area contributed by atoms with Crippen molar-refractivity contribution in [3.05, 3.63) is 66.9 Å². The first-order valence-electron chi connectivity index (χ1n) is 8.09. The van der Waals surface area contributed by atoms with E-state index < -0.39 is 10.0 Å². The maximum absolute atomic E-state index is 11.6. The summed E-state index contributed by atoms with van der Waals surface area (Å²) < 4.78 is 23.2. The van der Waals surface area contributed by atoms with Gasteiger partial charge in [0, 0.05) is 41.6 Å². The topological polar surface area (TPSA) is 112 Å². The number of aryl methyl sites for hydroxylation is 1. The van der Waals surface area contributed by atoms with Crippen molar-refractivity contribution in [2.75, 3.05) is 0 Å². The molecule has 0 unspecified atom stereocenters. The van der Waals surface area contributed by atoms with Crippen molar-refractivity contribution >= 4 is 21.1 Å². The number of nitrogens with two attached hydrogens (primary N) is 1. The monoisotopic (exact) mass is 377 g/mol. The highest BCUT2D eigenvalue weighted by atomic mass is 32.2. The molecular formula is C19H15N5O2S. The Hall–Kier alpha value is -3.23. The lowest BCUT2D eigenvalue weighted by molar-refractivity contribution is 0.597. The lowest BCUT2D eigenvalue weighted by Gasteiger charge is -2.09. The Bertz CT molecular complexity index is 1270. The van der Waals surface area contributed by atoms with Crippen molar-refractivity contribution in [2.45, 2.75) is 11.8 Å². The van der Waals surface area contributed by atoms with Crippen molar-refractivity contribution in [3.8, 4) is 22.4 Å². The second-order valence-electron chi connectivity index (χ2n) is 6.06. The predicted octanol–water partition coefficient (Wildman–Crippen LogP) is 2.71. The third-order valence-corrected chi connectivity index (χ3v) is 5.01. The van der Waals surface area contributed by atoms with Gasteiger partial charge in [-0.2, -0.15) is 0 Å². The van der Waals surface area contributed by atoms with E-state index in [-0.39, 0.29) is 4.90 Å². The highest BCUT2D eigenvalue weighted by Crippen LogP contribution is 2.29. The number of aromatic nitrogens is 4. The fourth-order valence-corrected chi connectivity index (χ4v) is 3.35. The molecule has 7 nitrogen and oxygen atoms in total. The van der Waals surface area contributed by atoms with Gasteiger partial charge in [-0.15, -0.1) is 0 Å². The number of hydrogen-bond donors (Lipinski definition) is 1. The van der Waals surface area contributed by atoms with Gasteiger partial charge in [0.1, 0.15) is 4.90 Å². The third-order valence-electron chi connectivity index (χ3n) is 4.13. The van der Waals surface area contributed by atoms with Crippen molar-refractivity contribution in [1.29, 1.82) is 0 Å². The molecule has 0 aliphatic rings. The van der Waals surface area contributed by atoms with Crippen molar-refractivity contribution < 1.29 is 8.42 Å². The molecule has 4 aromatic rings. The van der Waals surface area contributed by atoms with Crippen LogP contribution in [0.15, 0.2) is 66.1 Å². The number of hydrogen-bond acceptors (Lipinski definition) is 6. The summed E-state index contributed by atoms with van der Waals surface area (Å²) in [6, 6.07) is 10.9. The van der Waals surface area contributed by atoms with Gasteiger partial charge in [-0.1, -0.05) is 0 Å². The summed E-state index contributed by atoms with van der Waals surface area (Å²) in [5, 5.41) is 5.20. The molecule has 0 amide bonds. The van der Waals surface area contributed by atoms with Crippen LogP contribution in [0.25, 0.3) is 33.4 Å². The fraction of sp³-hybridized carbons (Fsp3) is 0.0526. The summed E-state index contributed by atoms with van der Waals surface area (Å²) in [4.78, 5) is 17.2. The molecule has 8 heteroatoms. The number of primary sulfonamides is 1. The molecule has 0 bridgehead atoms. The van der Waals surface area contributed by atoms with Crippen LogP contribution >= 0.6 is 0 Å². The molecule has 4 aromatic heterocycles. The van der Waals surface area contributed by atoms with E-state index in [1.807, 2.05) is 31.2 Å². The Labute approximate surface area is 156 Å². The average Bonchev–Trinajstić information content (AvgIpc) is 2.66. The van der Waals surface area contributed by atoms with E-state index in [4.69, 9.17) is 10.1 Å². The number of rotatable bonds is 3. The summed E-state index contributed by atoms with van der Waals surface area (Å²) in [6.07, 6.45) is 6.25. The van der Waals surface area contributed by atoms with E-state index >= 15 is 0 Å². The van der Waals surface area contributed by atoms with E-state index in [1.165, 1.54) is 12.3 Å². The van der Waals surface area contributed by atoms with Crippen molar-refractivity contribution in [1.82, 2.24) is 19.9 Å². The maximum Gasteiger partial charge on any atom is 0.239 e. The second-order valence-corrected chi connectivity index (χ2v) is 7.62. The van der Waals surface area contributed by atoms with Gasteiger partial charge in [0.15, 0.2) is 0 Å². The minimum atomic E-state index is -3.84. The zero-order chi connectivity index (χ0) is 19.0. The van der Waals surface area contributed by atoms with Crippen LogP contribution in [0.2, 0.25) is 0 Å². The Balaban J connectivity index is 1.91. The van der Waals surface area contributed by atoms with E-state index in [0.29, 0.717) is 16.8 Å². The average molecular weight is 377 g/mol. The SMILES string of the molecule is Cc1cc(-c2ccnc3ccc(-c4cncc(S(N)(=O)=O)c4)nc23)ccn1. The molecule has 2 N–H and O–H groups in total. The molecule has 0 radical (unpaired) electrons. The van der Waals surface area contributed by atoms with E-state index in [9.17, 15) is 8.42 Å². The first-order chi connectivity index (χ1) is 12.9. The van der Waals surface area contributed by atoms with E-state index in [0.717, 1.165) is 22.3 Å². The van der Waals surface area contributed by atoms with Crippen LogP contribution in [-0.2, 0) is 10.0 Å².